The molecule has 0 fully saturated rings. The van der Waals surface area contributed by atoms with Gasteiger partial charge in [-0.15, -0.1) is 11.3 Å². The number of hydrogen-bond acceptors (Lipinski definition) is 6. The zero-order valence-corrected chi connectivity index (χ0v) is 17.3. The quantitative estimate of drug-likeness (QED) is 0.483. The Morgan fingerprint density at radius 1 is 1.23 bits per heavy atom. The molecule has 1 amide bonds. The Morgan fingerprint density at radius 3 is 2.60 bits per heavy atom. The summed E-state index contributed by atoms with van der Waals surface area (Å²) < 4.78 is 37.9. The molecular formula is C19H17ClF3N5OS. The molecule has 158 valence electrons. The number of nitrogens with zero attached hydrogens (tertiary/aromatic N) is 3. The van der Waals surface area contributed by atoms with Crippen LogP contribution in [-0.2, 0) is 6.18 Å². The van der Waals surface area contributed by atoms with Crippen molar-refractivity contribution in [1.82, 2.24) is 20.3 Å². The molecule has 3 heterocycles. The van der Waals surface area contributed by atoms with Gasteiger partial charge in [-0.25, -0.2) is 15.0 Å². The highest BCUT2D eigenvalue weighted by Crippen LogP contribution is 2.30. The number of halogens is 4. The summed E-state index contributed by atoms with van der Waals surface area (Å²) in [4.78, 5) is 24.0. The molecule has 0 unspecified atom stereocenters. The predicted octanol–water partition coefficient (Wildman–Crippen LogP) is 5.62. The smallest absolute Gasteiger partial charge is 0.343 e. The van der Waals surface area contributed by atoms with Crippen molar-refractivity contribution in [3.63, 3.8) is 0 Å². The largest absolute Gasteiger partial charge is 0.433 e. The first-order chi connectivity index (χ1) is 14.3. The molecule has 0 bridgehead atoms. The standard InChI is InChI=1S/C19H17ClF3N5OS/c1-2-3-14(28-17(29)18-24-6-7-30-18)11-8-13(20)16(26-9-11)27-12-4-5-15(25-10-12)19(21,22)23/h4-10,14H,2-3H2,1H3,(H,26,27)(H,28,29)/t14-/m1/s1. The molecule has 0 saturated carbocycles. The predicted molar refractivity (Wildman–Crippen MR) is 109 cm³/mol. The zero-order chi connectivity index (χ0) is 21.7. The van der Waals surface area contributed by atoms with Crippen LogP contribution in [0.15, 0.2) is 42.2 Å². The number of alkyl halides is 3. The fourth-order valence-electron chi connectivity index (χ4n) is 2.67. The Morgan fingerprint density at radius 2 is 2.03 bits per heavy atom. The second kappa shape index (κ2) is 9.40. The van der Waals surface area contributed by atoms with Crippen LogP contribution >= 0.6 is 22.9 Å². The van der Waals surface area contributed by atoms with E-state index < -0.39 is 11.9 Å². The van der Waals surface area contributed by atoms with E-state index in [9.17, 15) is 18.0 Å². The van der Waals surface area contributed by atoms with Crippen LogP contribution in [0.2, 0.25) is 5.02 Å². The maximum absolute atomic E-state index is 12.6. The molecule has 0 aliphatic carbocycles. The molecule has 3 aromatic heterocycles. The molecule has 11 heteroatoms. The van der Waals surface area contributed by atoms with Crippen LogP contribution in [0.3, 0.4) is 0 Å². The van der Waals surface area contributed by atoms with Gasteiger partial charge in [-0.05, 0) is 30.2 Å². The molecule has 3 aromatic rings. The summed E-state index contributed by atoms with van der Waals surface area (Å²) in [7, 11) is 0. The number of anilines is 2. The van der Waals surface area contributed by atoms with Crippen molar-refractivity contribution in [2.24, 2.45) is 0 Å². The van der Waals surface area contributed by atoms with E-state index in [2.05, 4.69) is 25.6 Å². The maximum Gasteiger partial charge on any atom is 0.433 e. The molecular weight excluding hydrogens is 439 g/mol. The normalized spacial score (nSPS) is 12.4. The monoisotopic (exact) mass is 455 g/mol. The summed E-state index contributed by atoms with van der Waals surface area (Å²) in [5, 5.41) is 8.12. The SMILES string of the molecule is CCC[C@@H](NC(=O)c1nccs1)c1cnc(Nc2ccc(C(F)(F)F)nc2)c(Cl)c1. The van der Waals surface area contributed by atoms with E-state index >= 15 is 0 Å². The van der Waals surface area contributed by atoms with Crippen LogP contribution in [0, 0.1) is 0 Å². The van der Waals surface area contributed by atoms with Crippen LogP contribution < -0.4 is 10.6 Å². The topological polar surface area (TPSA) is 79.8 Å². The van der Waals surface area contributed by atoms with Crippen molar-refractivity contribution >= 4 is 40.4 Å². The van der Waals surface area contributed by atoms with Crippen molar-refractivity contribution in [1.29, 1.82) is 0 Å². The molecule has 6 nitrogen and oxygen atoms in total. The van der Waals surface area contributed by atoms with E-state index in [1.54, 1.807) is 23.8 Å². The lowest BCUT2D eigenvalue weighted by molar-refractivity contribution is -0.141. The number of amides is 1. The Kier molecular flexibility index (Phi) is 6.88. The molecule has 0 radical (unpaired) electrons. The van der Waals surface area contributed by atoms with Crippen LogP contribution in [0.1, 0.15) is 46.9 Å². The van der Waals surface area contributed by atoms with Gasteiger partial charge >= 0.3 is 6.18 Å². The highest BCUT2D eigenvalue weighted by atomic mass is 35.5. The molecule has 0 spiro atoms. The number of carbonyl (C=O) groups is 1. The summed E-state index contributed by atoms with van der Waals surface area (Å²) in [5.41, 5.74) is 0.0380. The molecule has 0 aliphatic rings. The Hall–Kier alpha value is -2.72. The van der Waals surface area contributed by atoms with Gasteiger partial charge in [0.2, 0.25) is 0 Å². The van der Waals surface area contributed by atoms with Crippen molar-refractivity contribution in [3.05, 3.63) is 63.5 Å². The number of carbonyl (C=O) groups excluding carboxylic acids is 1. The number of rotatable bonds is 7. The highest BCUT2D eigenvalue weighted by Gasteiger charge is 2.32. The van der Waals surface area contributed by atoms with Gasteiger partial charge in [0.25, 0.3) is 5.91 Å². The Bertz CT molecular complexity index is 996. The van der Waals surface area contributed by atoms with Crippen molar-refractivity contribution in [2.75, 3.05) is 5.32 Å². The third-order valence-corrected chi connectivity index (χ3v) is 5.15. The molecule has 2 N–H and O–H groups in total. The minimum Gasteiger partial charge on any atom is -0.343 e. The Labute approximate surface area is 179 Å². The van der Waals surface area contributed by atoms with Crippen LogP contribution in [-0.4, -0.2) is 20.9 Å². The summed E-state index contributed by atoms with van der Waals surface area (Å²) in [6.07, 6.45) is 1.16. The minimum absolute atomic E-state index is 0.261. The lowest BCUT2D eigenvalue weighted by Crippen LogP contribution is -2.28. The zero-order valence-electron chi connectivity index (χ0n) is 15.7. The minimum atomic E-state index is -4.51. The van der Waals surface area contributed by atoms with Crippen molar-refractivity contribution in [3.8, 4) is 0 Å². The van der Waals surface area contributed by atoms with E-state index in [0.717, 1.165) is 18.7 Å². The second-order valence-corrected chi connectivity index (χ2v) is 7.61. The highest BCUT2D eigenvalue weighted by molar-refractivity contribution is 7.11. The van der Waals surface area contributed by atoms with Gasteiger partial charge in [0.1, 0.15) is 11.5 Å². The first kappa shape index (κ1) is 22.0. The van der Waals surface area contributed by atoms with Crippen molar-refractivity contribution < 1.29 is 18.0 Å². The number of thiazole rings is 1. The van der Waals surface area contributed by atoms with Crippen LogP contribution in [0.4, 0.5) is 24.7 Å². The summed E-state index contributed by atoms with van der Waals surface area (Å²) in [6.45, 7) is 1.99. The van der Waals surface area contributed by atoms with E-state index in [1.807, 2.05) is 6.92 Å². The molecule has 0 aromatic carbocycles. The molecule has 0 aliphatic heterocycles. The van der Waals surface area contributed by atoms with E-state index in [1.165, 1.54) is 17.4 Å². The Balaban J connectivity index is 1.74. The number of nitrogens with one attached hydrogen (secondary N) is 2. The summed E-state index contributed by atoms with van der Waals surface area (Å²) in [5.74, 6) is -0.0129. The average molecular weight is 456 g/mol. The van der Waals surface area contributed by atoms with E-state index in [0.29, 0.717) is 22.7 Å². The van der Waals surface area contributed by atoms with Gasteiger partial charge in [-0.3, -0.25) is 4.79 Å². The average Bonchev–Trinajstić information content (AvgIpc) is 3.24. The maximum atomic E-state index is 12.6. The fourth-order valence-corrected chi connectivity index (χ4v) is 3.43. The van der Waals surface area contributed by atoms with Crippen LogP contribution in [0.5, 0.6) is 0 Å². The summed E-state index contributed by atoms with van der Waals surface area (Å²) >= 11 is 7.56. The fraction of sp³-hybridized carbons (Fsp3) is 0.263. The van der Waals surface area contributed by atoms with Gasteiger partial charge in [-0.2, -0.15) is 13.2 Å². The van der Waals surface area contributed by atoms with Gasteiger partial charge in [0, 0.05) is 17.8 Å². The third-order valence-electron chi connectivity index (χ3n) is 4.09. The van der Waals surface area contributed by atoms with Crippen molar-refractivity contribution in [2.45, 2.75) is 32.0 Å². The van der Waals surface area contributed by atoms with Gasteiger partial charge < -0.3 is 10.6 Å². The molecule has 3 rings (SSSR count). The first-order valence-corrected chi connectivity index (χ1v) is 10.2. The van der Waals surface area contributed by atoms with Crippen LogP contribution in [0.25, 0.3) is 0 Å². The first-order valence-electron chi connectivity index (χ1n) is 8.94. The van der Waals surface area contributed by atoms with Gasteiger partial charge in [0.15, 0.2) is 5.01 Å². The van der Waals surface area contributed by atoms with E-state index in [-0.39, 0.29) is 22.8 Å². The summed E-state index contributed by atoms with van der Waals surface area (Å²) in [6, 6.07) is 3.47. The molecule has 1 atom stereocenters. The number of pyridine rings is 2. The molecule has 0 saturated heterocycles. The van der Waals surface area contributed by atoms with E-state index in [4.69, 9.17) is 11.6 Å². The lowest BCUT2D eigenvalue weighted by Gasteiger charge is -2.19. The second-order valence-electron chi connectivity index (χ2n) is 6.31. The number of aromatic nitrogens is 3. The van der Waals surface area contributed by atoms with Gasteiger partial charge in [-0.1, -0.05) is 24.9 Å². The molecule has 30 heavy (non-hydrogen) atoms. The lowest BCUT2D eigenvalue weighted by atomic mass is 10.0. The third kappa shape index (κ3) is 5.45. The number of hydrogen-bond donors (Lipinski definition) is 2. The van der Waals surface area contributed by atoms with Gasteiger partial charge in [0.05, 0.1) is 22.9 Å².